The number of amides is 1. The summed E-state index contributed by atoms with van der Waals surface area (Å²) in [7, 11) is 3.22. The molecule has 0 bridgehead atoms. The van der Waals surface area contributed by atoms with Crippen molar-refractivity contribution in [2.24, 2.45) is 0 Å². The molecule has 0 aliphatic carbocycles. The molecule has 0 N–H and O–H groups in total. The maximum Gasteiger partial charge on any atom is 0.260 e. The van der Waals surface area contributed by atoms with E-state index in [9.17, 15) is 4.79 Å². The molecule has 0 atom stereocenters. The third kappa shape index (κ3) is 5.48. The molecule has 1 saturated heterocycles. The Morgan fingerprint density at radius 1 is 0.857 bits per heavy atom. The number of carbonyl (C=O) groups is 1. The van der Waals surface area contributed by atoms with E-state index in [2.05, 4.69) is 28.1 Å². The van der Waals surface area contributed by atoms with Crippen LogP contribution < -0.4 is 19.1 Å². The van der Waals surface area contributed by atoms with E-state index >= 15 is 0 Å². The van der Waals surface area contributed by atoms with Gasteiger partial charge in [0.15, 0.2) is 23.9 Å². The largest absolute Gasteiger partial charge is 0.493 e. The number of anilines is 1. The Labute approximate surface area is 206 Å². The first kappa shape index (κ1) is 24.3. The molecule has 1 amide bonds. The van der Waals surface area contributed by atoms with Gasteiger partial charge in [0.25, 0.3) is 5.91 Å². The molecular formula is C27H32N4O4. The highest BCUT2D eigenvalue weighted by Crippen LogP contribution is 2.31. The molecule has 3 aromatic rings. The number of aryl methyl sites for hydroxylation is 2. The van der Waals surface area contributed by atoms with Crippen LogP contribution in [0.4, 0.5) is 5.82 Å². The van der Waals surface area contributed by atoms with Gasteiger partial charge in [0.1, 0.15) is 5.75 Å². The van der Waals surface area contributed by atoms with Crippen LogP contribution in [-0.4, -0.2) is 68.0 Å². The van der Waals surface area contributed by atoms with Crippen LogP contribution in [0.15, 0.2) is 42.5 Å². The Hall–Kier alpha value is -3.81. The Bertz CT molecular complexity index is 1190. The highest BCUT2D eigenvalue weighted by molar-refractivity contribution is 5.78. The molecule has 1 aliphatic rings. The van der Waals surface area contributed by atoms with E-state index < -0.39 is 0 Å². The summed E-state index contributed by atoms with van der Waals surface area (Å²) in [6, 6.07) is 13.7. The molecule has 4 rings (SSSR count). The van der Waals surface area contributed by atoms with Gasteiger partial charge in [0.2, 0.25) is 0 Å². The Morgan fingerprint density at radius 3 is 2.26 bits per heavy atom. The molecule has 8 heteroatoms. The molecule has 184 valence electrons. The molecule has 0 unspecified atom stereocenters. The van der Waals surface area contributed by atoms with Gasteiger partial charge in [-0.2, -0.15) is 0 Å². The number of nitrogens with zero attached hydrogens (tertiary/aromatic N) is 4. The highest BCUT2D eigenvalue weighted by Gasteiger charge is 2.23. The second-order valence-corrected chi connectivity index (χ2v) is 8.71. The van der Waals surface area contributed by atoms with Crippen molar-refractivity contribution in [3.63, 3.8) is 0 Å². The van der Waals surface area contributed by atoms with Crippen molar-refractivity contribution in [1.82, 2.24) is 15.1 Å². The molecule has 0 saturated carbocycles. The maximum atomic E-state index is 12.7. The molecule has 35 heavy (non-hydrogen) atoms. The fraction of sp³-hybridized carbons (Fsp3) is 0.370. The number of ether oxygens (including phenoxy) is 3. The van der Waals surface area contributed by atoms with E-state index in [4.69, 9.17) is 14.2 Å². The van der Waals surface area contributed by atoms with Gasteiger partial charge < -0.3 is 24.0 Å². The number of carbonyl (C=O) groups excluding carboxylic acids is 1. The second kappa shape index (κ2) is 10.6. The molecule has 1 fully saturated rings. The fourth-order valence-electron chi connectivity index (χ4n) is 4.21. The van der Waals surface area contributed by atoms with Gasteiger partial charge in [-0.15, -0.1) is 10.2 Å². The molecule has 8 nitrogen and oxygen atoms in total. The minimum Gasteiger partial charge on any atom is -0.493 e. The number of piperazine rings is 1. The molecular weight excluding hydrogens is 444 g/mol. The SMILES string of the molecule is COc1ccc(-c2ccc(N3CCN(C(=O)COc4cc(C)cc(C)c4C)CC3)nn2)cc1OC. The first-order valence-electron chi connectivity index (χ1n) is 11.7. The monoisotopic (exact) mass is 476 g/mol. The Kier molecular flexibility index (Phi) is 7.39. The van der Waals surface area contributed by atoms with Crippen LogP contribution in [0, 0.1) is 20.8 Å². The van der Waals surface area contributed by atoms with Crippen LogP contribution in [-0.2, 0) is 4.79 Å². The van der Waals surface area contributed by atoms with Gasteiger partial charge in [-0.05, 0) is 73.9 Å². The van der Waals surface area contributed by atoms with Crippen LogP contribution in [0.25, 0.3) is 11.3 Å². The molecule has 2 aromatic carbocycles. The summed E-state index contributed by atoms with van der Waals surface area (Å²) in [5.74, 6) is 2.89. The minimum absolute atomic E-state index is 0.00176. The number of hydrogen-bond donors (Lipinski definition) is 0. The van der Waals surface area contributed by atoms with Crippen LogP contribution in [0.5, 0.6) is 17.2 Å². The molecule has 0 spiro atoms. The quantitative estimate of drug-likeness (QED) is 0.513. The minimum atomic E-state index is -0.00176. The van der Waals surface area contributed by atoms with Gasteiger partial charge in [0.05, 0.1) is 19.9 Å². The summed E-state index contributed by atoms with van der Waals surface area (Å²) in [6.07, 6.45) is 0. The number of benzene rings is 2. The lowest BCUT2D eigenvalue weighted by atomic mass is 10.1. The van der Waals surface area contributed by atoms with E-state index in [0.717, 1.165) is 34.0 Å². The predicted molar refractivity (Wildman–Crippen MR) is 136 cm³/mol. The lowest BCUT2D eigenvalue weighted by molar-refractivity contribution is -0.133. The number of rotatable bonds is 7. The summed E-state index contributed by atoms with van der Waals surface area (Å²) in [5.41, 5.74) is 5.02. The van der Waals surface area contributed by atoms with Crippen molar-refractivity contribution in [2.75, 3.05) is 51.9 Å². The lowest BCUT2D eigenvalue weighted by Gasteiger charge is -2.35. The first-order chi connectivity index (χ1) is 16.9. The smallest absolute Gasteiger partial charge is 0.260 e. The van der Waals surface area contributed by atoms with Gasteiger partial charge >= 0.3 is 0 Å². The van der Waals surface area contributed by atoms with Crippen LogP contribution in [0.2, 0.25) is 0 Å². The van der Waals surface area contributed by atoms with E-state index in [0.29, 0.717) is 37.7 Å². The Morgan fingerprint density at radius 2 is 1.60 bits per heavy atom. The normalized spacial score (nSPS) is 13.5. The van der Waals surface area contributed by atoms with Crippen molar-refractivity contribution >= 4 is 11.7 Å². The van der Waals surface area contributed by atoms with Crippen molar-refractivity contribution in [2.45, 2.75) is 20.8 Å². The van der Waals surface area contributed by atoms with Crippen LogP contribution in [0.1, 0.15) is 16.7 Å². The zero-order valence-electron chi connectivity index (χ0n) is 21.0. The zero-order chi connectivity index (χ0) is 24.9. The first-order valence-corrected chi connectivity index (χ1v) is 11.7. The molecule has 1 aliphatic heterocycles. The maximum absolute atomic E-state index is 12.7. The van der Waals surface area contributed by atoms with Crippen molar-refractivity contribution < 1.29 is 19.0 Å². The second-order valence-electron chi connectivity index (χ2n) is 8.71. The molecule has 2 heterocycles. The van der Waals surface area contributed by atoms with E-state index in [1.54, 1.807) is 14.2 Å². The zero-order valence-corrected chi connectivity index (χ0v) is 21.0. The van der Waals surface area contributed by atoms with Gasteiger partial charge in [0, 0.05) is 31.7 Å². The topological polar surface area (TPSA) is 77.0 Å². The third-order valence-corrected chi connectivity index (χ3v) is 6.40. The van der Waals surface area contributed by atoms with Crippen molar-refractivity contribution in [3.05, 3.63) is 59.2 Å². The standard InChI is InChI=1S/C27H32N4O4/c1-18-14-19(2)20(3)24(15-18)35-17-27(32)31-12-10-30(11-13-31)26-9-7-22(28-29-26)21-6-8-23(33-4)25(16-21)34-5/h6-9,14-16H,10-13,17H2,1-5H3. The average Bonchev–Trinajstić information content (AvgIpc) is 2.89. The lowest BCUT2D eigenvalue weighted by Crippen LogP contribution is -2.50. The van der Waals surface area contributed by atoms with Crippen molar-refractivity contribution in [3.8, 4) is 28.5 Å². The predicted octanol–water partition coefficient (Wildman–Crippen LogP) is 3.81. The highest BCUT2D eigenvalue weighted by atomic mass is 16.5. The summed E-state index contributed by atoms with van der Waals surface area (Å²) >= 11 is 0. The van der Waals surface area contributed by atoms with E-state index in [1.165, 1.54) is 5.56 Å². The van der Waals surface area contributed by atoms with Crippen LogP contribution >= 0.6 is 0 Å². The number of hydrogen-bond acceptors (Lipinski definition) is 7. The average molecular weight is 477 g/mol. The summed E-state index contributed by atoms with van der Waals surface area (Å²) in [5, 5.41) is 8.83. The van der Waals surface area contributed by atoms with Gasteiger partial charge in [-0.3, -0.25) is 4.79 Å². The third-order valence-electron chi connectivity index (χ3n) is 6.40. The van der Waals surface area contributed by atoms with E-state index in [1.807, 2.05) is 55.1 Å². The summed E-state index contributed by atoms with van der Waals surface area (Å²) in [6.45, 7) is 8.77. The molecule has 1 aromatic heterocycles. The van der Waals surface area contributed by atoms with Crippen LogP contribution in [0.3, 0.4) is 0 Å². The van der Waals surface area contributed by atoms with Gasteiger partial charge in [-0.1, -0.05) is 6.07 Å². The number of methoxy groups -OCH3 is 2. The number of aromatic nitrogens is 2. The fourth-order valence-corrected chi connectivity index (χ4v) is 4.21. The molecule has 0 radical (unpaired) electrons. The Balaban J connectivity index is 1.33. The summed E-state index contributed by atoms with van der Waals surface area (Å²) < 4.78 is 16.5. The van der Waals surface area contributed by atoms with E-state index in [-0.39, 0.29) is 12.5 Å². The summed E-state index contributed by atoms with van der Waals surface area (Å²) in [4.78, 5) is 16.7. The van der Waals surface area contributed by atoms with Gasteiger partial charge in [-0.25, -0.2) is 0 Å². The van der Waals surface area contributed by atoms with Crippen molar-refractivity contribution in [1.29, 1.82) is 0 Å².